The topological polar surface area (TPSA) is 29.9 Å². The molecule has 1 rings (SSSR count). The Morgan fingerprint density at radius 1 is 1.50 bits per heavy atom. The monoisotopic (exact) mass is 263 g/mol. The summed E-state index contributed by atoms with van der Waals surface area (Å²) in [4.78, 5) is 0. The van der Waals surface area contributed by atoms with Gasteiger partial charge < -0.3 is 5.32 Å². The van der Waals surface area contributed by atoms with E-state index < -0.39 is 0 Å². The number of hydrogen-bond acceptors (Lipinski definition) is 2. The van der Waals surface area contributed by atoms with Gasteiger partial charge in [-0.15, -0.1) is 11.6 Å². The predicted octanol–water partition coefficient (Wildman–Crippen LogP) is 2.88. The lowest BCUT2D eigenvalue weighted by Gasteiger charge is -2.27. The lowest BCUT2D eigenvalue weighted by atomic mass is 10.0. The van der Waals surface area contributed by atoms with Gasteiger partial charge >= 0.3 is 0 Å². The number of hydrogen-bond donors (Lipinski definition) is 1. The van der Waals surface area contributed by atoms with Crippen molar-refractivity contribution < 1.29 is 0 Å². The molecule has 0 saturated carbocycles. The van der Waals surface area contributed by atoms with E-state index in [9.17, 15) is 0 Å². The van der Waals surface area contributed by atoms with Crippen molar-refractivity contribution in [3.63, 3.8) is 0 Å². The lowest BCUT2D eigenvalue weighted by molar-refractivity contribution is 0.374. The van der Waals surface area contributed by atoms with Gasteiger partial charge in [-0.3, -0.25) is 4.68 Å². The molecule has 1 aromatic heterocycles. The van der Waals surface area contributed by atoms with Crippen LogP contribution in [-0.4, -0.2) is 21.2 Å². The molecule has 16 heavy (non-hydrogen) atoms. The minimum absolute atomic E-state index is 0.0525. The second-order valence-electron chi connectivity index (χ2n) is 4.37. The summed E-state index contributed by atoms with van der Waals surface area (Å²) >= 11 is 12.1. The summed E-state index contributed by atoms with van der Waals surface area (Å²) in [6.07, 6.45) is 0.977. The Morgan fingerprint density at radius 2 is 2.12 bits per heavy atom. The number of aryl methyl sites for hydroxylation is 2. The highest BCUT2D eigenvalue weighted by Gasteiger charge is 2.21. The molecule has 1 unspecified atom stereocenters. The molecule has 0 aliphatic carbocycles. The standard InChI is InChI=1S/C11H19Cl2N3/c1-5-11(3,7-12)14-6-9-10(13)8(2)15-16(9)4/h14H,5-7H2,1-4H3. The van der Waals surface area contributed by atoms with Crippen molar-refractivity contribution in [3.05, 3.63) is 16.4 Å². The van der Waals surface area contributed by atoms with Crippen LogP contribution in [0.4, 0.5) is 0 Å². The smallest absolute Gasteiger partial charge is 0.0860 e. The number of alkyl halides is 1. The molecule has 0 fully saturated rings. The highest BCUT2D eigenvalue weighted by Crippen LogP contribution is 2.20. The highest BCUT2D eigenvalue weighted by molar-refractivity contribution is 6.31. The van der Waals surface area contributed by atoms with Crippen LogP contribution in [-0.2, 0) is 13.6 Å². The second-order valence-corrected chi connectivity index (χ2v) is 5.02. The van der Waals surface area contributed by atoms with E-state index in [0.29, 0.717) is 12.4 Å². The van der Waals surface area contributed by atoms with E-state index >= 15 is 0 Å². The molecule has 1 atom stereocenters. The van der Waals surface area contributed by atoms with Crippen molar-refractivity contribution in [1.29, 1.82) is 0 Å². The fourth-order valence-electron chi connectivity index (χ4n) is 1.44. The zero-order valence-corrected chi connectivity index (χ0v) is 11.8. The molecule has 0 amide bonds. The molecular formula is C11H19Cl2N3. The maximum absolute atomic E-state index is 6.17. The van der Waals surface area contributed by atoms with Gasteiger partial charge in [0.1, 0.15) is 0 Å². The fraction of sp³-hybridized carbons (Fsp3) is 0.727. The number of halogens is 2. The molecule has 0 saturated heterocycles. The van der Waals surface area contributed by atoms with Gasteiger partial charge in [-0.25, -0.2) is 0 Å². The molecule has 0 bridgehead atoms. The summed E-state index contributed by atoms with van der Waals surface area (Å²) in [6.45, 7) is 6.82. The van der Waals surface area contributed by atoms with Gasteiger partial charge in [-0.1, -0.05) is 18.5 Å². The Balaban J connectivity index is 2.74. The highest BCUT2D eigenvalue weighted by atomic mass is 35.5. The van der Waals surface area contributed by atoms with E-state index in [2.05, 4.69) is 24.3 Å². The van der Waals surface area contributed by atoms with Crippen molar-refractivity contribution in [3.8, 4) is 0 Å². The van der Waals surface area contributed by atoms with Crippen molar-refractivity contribution in [2.75, 3.05) is 5.88 Å². The average Bonchev–Trinajstić information content (AvgIpc) is 2.51. The Morgan fingerprint density at radius 3 is 2.50 bits per heavy atom. The zero-order chi connectivity index (χ0) is 12.3. The molecule has 0 aliphatic rings. The summed E-state index contributed by atoms with van der Waals surface area (Å²) in [6, 6.07) is 0. The van der Waals surface area contributed by atoms with E-state index in [1.807, 2.05) is 18.7 Å². The number of aromatic nitrogens is 2. The SMILES string of the molecule is CCC(C)(CCl)NCc1c(Cl)c(C)nn1C. The largest absolute Gasteiger partial charge is 0.305 e. The van der Waals surface area contributed by atoms with Crippen LogP contribution < -0.4 is 5.32 Å². The first-order valence-corrected chi connectivity index (χ1v) is 6.33. The van der Waals surface area contributed by atoms with E-state index in [1.54, 1.807) is 0 Å². The lowest BCUT2D eigenvalue weighted by Crippen LogP contribution is -2.43. The van der Waals surface area contributed by atoms with Gasteiger partial charge in [0.2, 0.25) is 0 Å². The summed E-state index contributed by atoms with van der Waals surface area (Å²) < 4.78 is 1.81. The van der Waals surface area contributed by atoms with E-state index in [-0.39, 0.29) is 5.54 Å². The van der Waals surface area contributed by atoms with Gasteiger partial charge in [0.25, 0.3) is 0 Å². The van der Waals surface area contributed by atoms with Crippen LogP contribution in [0.25, 0.3) is 0 Å². The van der Waals surface area contributed by atoms with Crippen LogP contribution in [0.2, 0.25) is 5.02 Å². The summed E-state index contributed by atoms with van der Waals surface area (Å²) in [5, 5.41) is 8.44. The van der Waals surface area contributed by atoms with E-state index in [0.717, 1.165) is 22.8 Å². The third kappa shape index (κ3) is 2.90. The Bertz CT molecular complexity index is 356. The Labute approximate surface area is 107 Å². The zero-order valence-electron chi connectivity index (χ0n) is 10.3. The average molecular weight is 264 g/mol. The summed E-state index contributed by atoms with van der Waals surface area (Å²) in [5.74, 6) is 0.581. The minimum atomic E-state index is -0.0525. The van der Waals surface area contributed by atoms with Gasteiger partial charge in [0, 0.05) is 25.0 Å². The third-order valence-electron chi connectivity index (χ3n) is 3.02. The van der Waals surface area contributed by atoms with Crippen LogP contribution in [0, 0.1) is 6.92 Å². The Hall–Kier alpha value is -0.250. The number of nitrogens with one attached hydrogen (secondary N) is 1. The maximum atomic E-state index is 6.17. The first kappa shape index (κ1) is 13.8. The molecule has 0 spiro atoms. The van der Waals surface area contributed by atoms with Crippen molar-refractivity contribution in [2.24, 2.45) is 7.05 Å². The molecule has 0 aromatic carbocycles. The number of nitrogens with zero attached hydrogens (tertiary/aromatic N) is 2. The van der Waals surface area contributed by atoms with Crippen LogP contribution in [0.15, 0.2) is 0 Å². The van der Waals surface area contributed by atoms with Crippen LogP contribution in [0.3, 0.4) is 0 Å². The van der Waals surface area contributed by atoms with E-state index in [4.69, 9.17) is 23.2 Å². The fourth-order valence-corrected chi connectivity index (χ4v) is 1.95. The van der Waals surface area contributed by atoms with Gasteiger partial charge in [-0.2, -0.15) is 5.10 Å². The summed E-state index contributed by atoms with van der Waals surface area (Å²) in [7, 11) is 1.90. The first-order chi connectivity index (χ1) is 7.43. The molecule has 1 aromatic rings. The van der Waals surface area contributed by atoms with Crippen LogP contribution in [0.5, 0.6) is 0 Å². The van der Waals surface area contributed by atoms with Gasteiger partial charge in [0.05, 0.1) is 16.4 Å². The first-order valence-electron chi connectivity index (χ1n) is 5.42. The van der Waals surface area contributed by atoms with Crippen LogP contribution in [0.1, 0.15) is 31.7 Å². The van der Waals surface area contributed by atoms with Gasteiger partial charge in [-0.05, 0) is 20.3 Å². The minimum Gasteiger partial charge on any atom is -0.305 e. The maximum Gasteiger partial charge on any atom is 0.0860 e. The van der Waals surface area contributed by atoms with Crippen molar-refractivity contribution in [2.45, 2.75) is 39.3 Å². The van der Waals surface area contributed by atoms with E-state index in [1.165, 1.54) is 0 Å². The normalized spacial score (nSPS) is 15.1. The van der Waals surface area contributed by atoms with Crippen molar-refractivity contribution >= 4 is 23.2 Å². The van der Waals surface area contributed by atoms with Crippen LogP contribution >= 0.6 is 23.2 Å². The molecule has 1 heterocycles. The third-order valence-corrected chi connectivity index (χ3v) is 4.10. The molecule has 92 valence electrons. The molecule has 3 nitrogen and oxygen atoms in total. The molecule has 0 radical (unpaired) electrons. The molecule has 5 heteroatoms. The molecule has 0 aliphatic heterocycles. The summed E-state index contributed by atoms with van der Waals surface area (Å²) in [5.41, 5.74) is 1.82. The Kier molecular flexibility index (Phi) is 4.65. The molecular weight excluding hydrogens is 245 g/mol. The van der Waals surface area contributed by atoms with Gasteiger partial charge in [0.15, 0.2) is 0 Å². The van der Waals surface area contributed by atoms with Crippen molar-refractivity contribution in [1.82, 2.24) is 15.1 Å². The second kappa shape index (κ2) is 5.39. The molecule has 1 N–H and O–H groups in total. The quantitative estimate of drug-likeness (QED) is 0.829. The number of rotatable bonds is 5. The predicted molar refractivity (Wildman–Crippen MR) is 69.2 cm³/mol.